The number of carbonyl (C=O) groups is 1. The van der Waals surface area contributed by atoms with Crippen molar-refractivity contribution in [3.05, 3.63) is 108 Å². The number of imidazole rings is 1. The van der Waals surface area contributed by atoms with Crippen LogP contribution in [0, 0.1) is 0 Å². The molecule has 0 spiro atoms. The highest BCUT2D eigenvalue weighted by Crippen LogP contribution is 2.40. The average molecular weight is 778 g/mol. The number of aliphatic hydroxyl groups excluding tert-OH is 3. The van der Waals surface area contributed by atoms with Crippen LogP contribution < -0.4 is 20.9 Å². The van der Waals surface area contributed by atoms with Crippen molar-refractivity contribution in [2.75, 3.05) is 29.9 Å². The molecular weight excluding hydrogens is 734 g/mol. The van der Waals surface area contributed by atoms with E-state index in [1.165, 1.54) is 11.0 Å². The number of nitrogens with zero attached hydrogens (tertiary/aromatic N) is 8. The molecule has 2 amide bonds. The van der Waals surface area contributed by atoms with Gasteiger partial charge in [0, 0.05) is 38.1 Å². The van der Waals surface area contributed by atoms with Gasteiger partial charge in [0.05, 0.1) is 25.2 Å². The number of phenolic OH excluding ortho intramolecular Hbond substituents is 3. The smallest absolute Gasteiger partial charge is 0.315 e. The molecule has 6 aromatic rings. The molecule has 0 radical (unpaired) electrons. The molecule has 18 nitrogen and oxygen atoms in total. The van der Waals surface area contributed by atoms with E-state index in [0.29, 0.717) is 54.7 Å². The molecule has 1 saturated carbocycles. The van der Waals surface area contributed by atoms with E-state index in [1.807, 2.05) is 35.2 Å². The van der Waals surface area contributed by atoms with Gasteiger partial charge >= 0.3 is 6.03 Å². The fraction of sp³-hybridized carbons (Fsp3) is 0.333. The van der Waals surface area contributed by atoms with Crippen molar-refractivity contribution in [1.82, 2.24) is 45.1 Å². The lowest BCUT2D eigenvalue weighted by atomic mass is 9.91. The summed E-state index contributed by atoms with van der Waals surface area (Å²) in [6.07, 6.45) is 1.40. The highest BCUT2D eigenvalue weighted by atomic mass is 16.3. The molecule has 296 valence electrons. The number of urea groups is 1. The monoisotopic (exact) mass is 777 g/mol. The molecule has 9 N–H and O–H groups in total. The Morgan fingerprint density at radius 3 is 2.30 bits per heavy atom. The quantitative estimate of drug-likeness (QED) is 0.0865. The summed E-state index contributed by atoms with van der Waals surface area (Å²) in [5, 5.41) is 79.6. The van der Waals surface area contributed by atoms with Crippen molar-refractivity contribution >= 4 is 29.0 Å². The standard InChI is InChI=1S/C39H43N11O7/c51-20-26-17-43-50(47-26)32-15-31(34(55)35(32)56)49-21-42-33-36(40-18-30(23-4-8-27(52)9-5-23)24-6-10-28(53)11-7-24)45-38(46-37(33)49)48-13-12-25(19-48)44-39(57)41-16-22-2-1-3-29(54)14-22/h1-11,14,17,21,25,30-32,34-35,51-56H,12-13,15-16,18-20H2,(H,40,45,46)(H2,41,44,57)/t25?,31-,32+,34+,35-/m1/s1. The number of aliphatic hydroxyl groups is 3. The van der Waals surface area contributed by atoms with Gasteiger partial charge in [-0.3, -0.25) is 0 Å². The number of hydrogen-bond acceptors (Lipinski definition) is 14. The second-order valence-corrected chi connectivity index (χ2v) is 14.4. The Balaban J connectivity index is 1.08. The summed E-state index contributed by atoms with van der Waals surface area (Å²) in [7, 11) is 0. The van der Waals surface area contributed by atoms with Crippen LogP contribution >= 0.6 is 0 Å². The maximum Gasteiger partial charge on any atom is 0.315 e. The largest absolute Gasteiger partial charge is 0.508 e. The molecule has 5 atom stereocenters. The molecule has 3 aromatic heterocycles. The normalized spacial score (nSPS) is 20.7. The first-order valence-corrected chi connectivity index (χ1v) is 18.6. The minimum absolute atomic E-state index is 0.120. The van der Waals surface area contributed by atoms with E-state index in [0.717, 1.165) is 16.7 Å². The van der Waals surface area contributed by atoms with Gasteiger partial charge in [0.15, 0.2) is 17.0 Å². The Bertz CT molecular complexity index is 2290. The summed E-state index contributed by atoms with van der Waals surface area (Å²) in [5.41, 5.74) is 3.75. The van der Waals surface area contributed by atoms with Crippen molar-refractivity contribution in [2.45, 2.75) is 62.2 Å². The Labute approximate surface area is 326 Å². The van der Waals surface area contributed by atoms with Crippen molar-refractivity contribution in [2.24, 2.45) is 0 Å². The van der Waals surface area contributed by atoms with Crippen LogP contribution in [0.15, 0.2) is 85.3 Å². The predicted octanol–water partition coefficient (Wildman–Crippen LogP) is 2.26. The lowest BCUT2D eigenvalue weighted by Crippen LogP contribution is -2.43. The molecule has 8 rings (SSSR count). The number of rotatable bonds is 12. The third kappa shape index (κ3) is 7.95. The zero-order chi connectivity index (χ0) is 39.6. The zero-order valence-electron chi connectivity index (χ0n) is 30.7. The van der Waals surface area contributed by atoms with Crippen LogP contribution in [0.25, 0.3) is 11.2 Å². The van der Waals surface area contributed by atoms with Gasteiger partial charge in [0.2, 0.25) is 5.95 Å². The van der Waals surface area contributed by atoms with Gasteiger partial charge in [0.25, 0.3) is 0 Å². The predicted molar refractivity (Wildman–Crippen MR) is 207 cm³/mol. The van der Waals surface area contributed by atoms with Gasteiger partial charge < -0.3 is 56.1 Å². The van der Waals surface area contributed by atoms with Crippen molar-refractivity contribution in [3.63, 3.8) is 0 Å². The molecule has 3 aromatic carbocycles. The molecule has 4 heterocycles. The first-order chi connectivity index (χ1) is 27.6. The first-order valence-electron chi connectivity index (χ1n) is 18.6. The number of fused-ring (bicyclic) bond motifs is 1. The number of hydrogen-bond donors (Lipinski definition) is 9. The van der Waals surface area contributed by atoms with E-state index < -0.39 is 24.3 Å². The second-order valence-electron chi connectivity index (χ2n) is 14.4. The second kappa shape index (κ2) is 15.9. The molecule has 1 unspecified atom stereocenters. The summed E-state index contributed by atoms with van der Waals surface area (Å²) >= 11 is 0. The van der Waals surface area contributed by atoms with E-state index in [4.69, 9.17) is 15.0 Å². The van der Waals surface area contributed by atoms with Gasteiger partial charge in [-0.15, -0.1) is 0 Å². The number of nitrogens with one attached hydrogen (secondary N) is 3. The fourth-order valence-electron chi connectivity index (χ4n) is 7.63. The number of amides is 2. The maximum absolute atomic E-state index is 12.9. The van der Waals surface area contributed by atoms with E-state index in [9.17, 15) is 35.4 Å². The lowest BCUT2D eigenvalue weighted by Gasteiger charge is -2.22. The van der Waals surface area contributed by atoms with Gasteiger partial charge in [-0.2, -0.15) is 25.0 Å². The van der Waals surface area contributed by atoms with Crippen molar-refractivity contribution in [1.29, 1.82) is 0 Å². The highest BCUT2D eigenvalue weighted by Gasteiger charge is 2.45. The Morgan fingerprint density at radius 1 is 0.895 bits per heavy atom. The minimum atomic E-state index is -1.22. The minimum Gasteiger partial charge on any atom is -0.508 e. The topological polar surface area (TPSA) is 252 Å². The molecule has 1 saturated heterocycles. The molecule has 0 bridgehead atoms. The van der Waals surface area contributed by atoms with Crippen molar-refractivity contribution in [3.8, 4) is 17.2 Å². The molecule has 18 heteroatoms. The number of carbonyl (C=O) groups excluding carboxylic acids is 1. The number of aromatic hydroxyl groups is 3. The SMILES string of the molecule is O=C(NCc1cccc(O)c1)NC1CCN(c2nc(NCC(c3ccc(O)cc3)c3ccc(O)cc3)c3ncn([C@@H]4C[C@H](n5ncc(CO)n5)[C@@H](O)[C@H]4O)c3n2)C1. The van der Waals surface area contributed by atoms with Crippen LogP contribution in [0.2, 0.25) is 0 Å². The number of phenols is 3. The molecule has 2 fully saturated rings. The Kier molecular flexibility index (Phi) is 10.5. The summed E-state index contributed by atoms with van der Waals surface area (Å²) in [5.74, 6) is 0.938. The lowest BCUT2D eigenvalue weighted by molar-refractivity contribution is 0.00491. The van der Waals surface area contributed by atoms with Crippen molar-refractivity contribution < 1.29 is 35.4 Å². The van der Waals surface area contributed by atoms with Crippen LogP contribution in [0.1, 0.15) is 53.2 Å². The Morgan fingerprint density at radius 2 is 1.61 bits per heavy atom. The third-order valence-corrected chi connectivity index (χ3v) is 10.6. The Hall–Kier alpha value is -6.50. The van der Waals surface area contributed by atoms with Crippen LogP contribution in [0.4, 0.5) is 16.6 Å². The van der Waals surface area contributed by atoms with Crippen LogP contribution in [-0.2, 0) is 13.2 Å². The summed E-state index contributed by atoms with van der Waals surface area (Å²) in [4.78, 5) is 30.8. The molecule has 1 aliphatic carbocycles. The zero-order valence-corrected chi connectivity index (χ0v) is 30.7. The average Bonchev–Trinajstić information content (AvgIpc) is 4.03. The molecule has 1 aliphatic heterocycles. The van der Waals surface area contributed by atoms with Gasteiger partial charge in [-0.25, -0.2) is 9.78 Å². The van der Waals surface area contributed by atoms with E-state index in [1.54, 1.807) is 53.4 Å². The summed E-state index contributed by atoms with van der Waals surface area (Å²) in [6.45, 7) is 1.21. The van der Waals surface area contributed by atoms with Crippen LogP contribution in [0.5, 0.6) is 17.2 Å². The van der Waals surface area contributed by atoms with E-state index >= 15 is 0 Å². The van der Waals surface area contributed by atoms with E-state index in [2.05, 4.69) is 26.1 Å². The first kappa shape index (κ1) is 37.4. The van der Waals surface area contributed by atoms with Crippen LogP contribution in [-0.4, -0.2) is 109 Å². The summed E-state index contributed by atoms with van der Waals surface area (Å²) in [6, 6.07) is 18.6. The summed E-state index contributed by atoms with van der Waals surface area (Å²) < 4.78 is 1.73. The van der Waals surface area contributed by atoms with Crippen LogP contribution in [0.3, 0.4) is 0 Å². The third-order valence-electron chi connectivity index (χ3n) is 10.6. The maximum atomic E-state index is 12.9. The number of anilines is 2. The highest BCUT2D eigenvalue weighted by molar-refractivity contribution is 5.84. The number of benzene rings is 3. The van der Waals surface area contributed by atoms with E-state index in [-0.39, 0.29) is 54.8 Å². The van der Waals surface area contributed by atoms with Gasteiger partial charge in [-0.05, 0) is 65.9 Å². The van der Waals surface area contributed by atoms with Gasteiger partial charge in [0.1, 0.15) is 41.2 Å². The number of aromatic nitrogens is 7. The van der Waals surface area contributed by atoms with Gasteiger partial charge in [-0.1, -0.05) is 36.4 Å². The fourth-order valence-corrected chi connectivity index (χ4v) is 7.63. The molecule has 2 aliphatic rings. The molecular formula is C39H43N11O7. The molecule has 57 heavy (non-hydrogen) atoms.